The molecule has 0 aromatic heterocycles. The Morgan fingerprint density at radius 3 is 2.14 bits per heavy atom. The molecule has 2 atom stereocenters. The minimum Gasteiger partial charge on any atom is -0.508 e. The summed E-state index contributed by atoms with van der Waals surface area (Å²) in [6, 6.07) is 18.5. The van der Waals surface area contributed by atoms with Crippen LogP contribution in [0.5, 0.6) is 5.75 Å². The fourth-order valence-electron chi connectivity index (χ4n) is 2.44. The zero-order valence-electron chi connectivity index (χ0n) is 13.0. The van der Waals surface area contributed by atoms with E-state index in [0.717, 1.165) is 6.54 Å². The van der Waals surface area contributed by atoms with Gasteiger partial charge in [-0.1, -0.05) is 42.5 Å². The summed E-state index contributed by atoms with van der Waals surface area (Å²) in [6.45, 7) is 3.02. The molecule has 3 heteroatoms. The van der Waals surface area contributed by atoms with Crippen LogP contribution in [0, 0.1) is 0 Å². The number of nitrogens with zero attached hydrogens (tertiary/aromatic N) is 1. The van der Waals surface area contributed by atoms with Gasteiger partial charge in [0.1, 0.15) is 5.75 Å². The third kappa shape index (κ3) is 4.31. The number of nitrogens with one attached hydrogen (secondary N) is 1. The molecule has 0 spiro atoms. The Labute approximate surface area is 127 Å². The maximum Gasteiger partial charge on any atom is 0.115 e. The molecule has 0 amide bonds. The first kappa shape index (κ1) is 15.5. The Morgan fingerprint density at radius 2 is 1.57 bits per heavy atom. The van der Waals surface area contributed by atoms with Crippen LogP contribution in [0.1, 0.15) is 30.1 Å². The van der Waals surface area contributed by atoms with Crippen molar-refractivity contribution >= 4 is 0 Å². The van der Waals surface area contributed by atoms with E-state index in [2.05, 4.69) is 55.5 Å². The Bertz CT molecular complexity index is 537. The normalized spacial score (nSPS) is 14.1. The minimum absolute atomic E-state index is 0.247. The van der Waals surface area contributed by atoms with E-state index in [1.807, 2.05) is 18.2 Å². The maximum atomic E-state index is 9.35. The molecule has 3 nitrogen and oxygen atoms in total. The van der Waals surface area contributed by atoms with Crippen molar-refractivity contribution in [2.75, 3.05) is 20.6 Å². The highest BCUT2D eigenvalue weighted by Crippen LogP contribution is 2.20. The first-order valence-electron chi connectivity index (χ1n) is 7.31. The average Bonchev–Trinajstić information content (AvgIpc) is 2.48. The van der Waals surface area contributed by atoms with Crippen LogP contribution in [0.4, 0.5) is 0 Å². The number of hydrogen-bond donors (Lipinski definition) is 2. The molecule has 2 N–H and O–H groups in total. The predicted molar refractivity (Wildman–Crippen MR) is 87.4 cm³/mol. The first-order valence-corrected chi connectivity index (χ1v) is 7.31. The second kappa shape index (κ2) is 7.25. The fourth-order valence-corrected chi connectivity index (χ4v) is 2.44. The van der Waals surface area contributed by atoms with Crippen molar-refractivity contribution in [3.63, 3.8) is 0 Å². The number of benzene rings is 2. The largest absolute Gasteiger partial charge is 0.508 e. The van der Waals surface area contributed by atoms with Gasteiger partial charge in [0.15, 0.2) is 0 Å². The lowest BCUT2D eigenvalue weighted by atomic mass is 10.0. The number of aromatic hydroxyl groups is 1. The van der Waals surface area contributed by atoms with Crippen LogP contribution in [0.3, 0.4) is 0 Å². The van der Waals surface area contributed by atoms with Gasteiger partial charge in [-0.3, -0.25) is 0 Å². The SMILES string of the molecule is CC(NCC(c1ccccc1)N(C)C)c1ccc(O)cc1. The topological polar surface area (TPSA) is 35.5 Å². The number of rotatable bonds is 6. The monoisotopic (exact) mass is 284 g/mol. The van der Waals surface area contributed by atoms with Gasteiger partial charge in [-0.15, -0.1) is 0 Å². The molecule has 2 aromatic carbocycles. The van der Waals surface area contributed by atoms with Gasteiger partial charge in [-0.05, 0) is 44.3 Å². The third-order valence-corrected chi connectivity index (χ3v) is 3.82. The molecule has 2 unspecified atom stereocenters. The van der Waals surface area contributed by atoms with Crippen molar-refractivity contribution in [3.8, 4) is 5.75 Å². The summed E-state index contributed by atoms with van der Waals surface area (Å²) < 4.78 is 0. The molecule has 0 heterocycles. The molecule has 112 valence electrons. The molecule has 0 aliphatic heterocycles. The van der Waals surface area contributed by atoms with Crippen LogP contribution >= 0.6 is 0 Å². The zero-order chi connectivity index (χ0) is 15.2. The van der Waals surface area contributed by atoms with E-state index < -0.39 is 0 Å². The summed E-state index contributed by atoms with van der Waals surface area (Å²) in [5.41, 5.74) is 2.49. The lowest BCUT2D eigenvalue weighted by Gasteiger charge is -2.27. The van der Waals surface area contributed by atoms with Crippen LogP contribution in [0.15, 0.2) is 54.6 Å². The Kier molecular flexibility index (Phi) is 5.37. The van der Waals surface area contributed by atoms with Gasteiger partial charge in [0, 0.05) is 18.6 Å². The van der Waals surface area contributed by atoms with Crippen LogP contribution in [0.2, 0.25) is 0 Å². The van der Waals surface area contributed by atoms with Crippen molar-refractivity contribution in [2.24, 2.45) is 0 Å². The van der Waals surface area contributed by atoms with Gasteiger partial charge in [0.05, 0.1) is 0 Å². The molecule has 0 fully saturated rings. The van der Waals surface area contributed by atoms with E-state index in [9.17, 15) is 5.11 Å². The highest BCUT2D eigenvalue weighted by atomic mass is 16.3. The van der Waals surface area contributed by atoms with E-state index in [1.165, 1.54) is 11.1 Å². The summed E-state index contributed by atoms with van der Waals surface area (Å²) in [5, 5.41) is 12.9. The van der Waals surface area contributed by atoms with Crippen molar-refractivity contribution in [3.05, 3.63) is 65.7 Å². The minimum atomic E-state index is 0.247. The second-order valence-electron chi connectivity index (χ2n) is 5.61. The highest BCUT2D eigenvalue weighted by molar-refractivity contribution is 5.28. The molecule has 21 heavy (non-hydrogen) atoms. The molecular formula is C18H24N2O. The van der Waals surface area contributed by atoms with Gasteiger partial charge in [-0.2, -0.15) is 0 Å². The molecular weight excluding hydrogens is 260 g/mol. The summed E-state index contributed by atoms with van der Waals surface area (Å²) in [7, 11) is 4.20. The number of phenolic OH excluding ortho intramolecular Hbond substituents is 1. The first-order chi connectivity index (χ1) is 10.1. The van der Waals surface area contributed by atoms with E-state index in [-0.39, 0.29) is 6.04 Å². The standard InChI is InChI=1S/C18H24N2O/c1-14(15-9-11-17(21)12-10-15)19-13-18(20(2)3)16-7-5-4-6-8-16/h4-12,14,18-19,21H,13H2,1-3H3. The quantitative estimate of drug-likeness (QED) is 0.854. The molecule has 0 aliphatic rings. The third-order valence-electron chi connectivity index (χ3n) is 3.82. The molecule has 2 rings (SSSR count). The van der Waals surface area contributed by atoms with E-state index in [4.69, 9.17) is 0 Å². The van der Waals surface area contributed by atoms with Gasteiger partial charge >= 0.3 is 0 Å². The Hall–Kier alpha value is -1.84. The summed E-state index contributed by atoms with van der Waals surface area (Å²) in [4.78, 5) is 2.23. The number of likely N-dealkylation sites (N-methyl/N-ethyl adjacent to an activating group) is 1. The van der Waals surface area contributed by atoms with E-state index in [0.29, 0.717) is 11.8 Å². The number of hydrogen-bond acceptors (Lipinski definition) is 3. The van der Waals surface area contributed by atoms with Crippen molar-refractivity contribution in [1.29, 1.82) is 0 Å². The van der Waals surface area contributed by atoms with E-state index >= 15 is 0 Å². The van der Waals surface area contributed by atoms with Crippen LogP contribution < -0.4 is 5.32 Å². The van der Waals surface area contributed by atoms with Crippen LogP contribution in [-0.4, -0.2) is 30.6 Å². The number of phenols is 1. The fraction of sp³-hybridized carbons (Fsp3) is 0.333. The van der Waals surface area contributed by atoms with Gasteiger partial charge in [0.2, 0.25) is 0 Å². The summed E-state index contributed by atoms with van der Waals surface area (Å²) in [6.07, 6.45) is 0. The van der Waals surface area contributed by atoms with Gasteiger partial charge in [-0.25, -0.2) is 0 Å². The predicted octanol–water partition coefficient (Wildman–Crippen LogP) is 3.35. The molecule has 0 radical (unpaired) electrons. The lowest BCUT2D eigenvalue weighted by Crippen LogP contribution is -2.32. The molecule has 0 aliphatic carbocycles. The van der Waals surface area contributed by atoms with Crippen LogP contribution in [-0.2, 0) is 0 Å². The lowest BCUT2D eigenvalue weighted by molar-refractivity contribution is 0.281. The van der Waals surface area contributed by atoms with Crippen LogP contribution in [0.25, 0.3) is 0 Å². The molecule has 0 bridgehead atoms. The molecule has 2 aromatic rings. The second-order valence-corrected chi connectivity index (χ2v) is 5.61. The van der Waals surface area contributed by atoms with E-state index in [1.54, 1.807) is 12.1 Å². The molecule has 0 saturated heterocycles. The summed E-state index contributed by atoms with van der Waals surface area (Å²) >= 11 is 0. The van der Waals surface area contributed by atoms with Crippen molar-refractivity contribution < 1.29 is 5.11 Å². The highest BCUT2D eigenvalue weighted by Gasteiger charge is 2.15. The van der Waals surface area contributed by atoms with Crippen molar-refractivity contribution in [1.82, 2.24) is 10.2 Å². The van der Waals surface area contributed by atoms with Gasteiger partial charge in [0.25, 0.3) is 0 Å². The maximum absolute atomic E-state index is 9.35. The Balaban J connectivity index is 2.00. The zero-order valence-corrected chi connectivity index (χ0v) is 13.0. The Morgan fingerprint density at radius 1 is 0.952 bits per heavy atom. The summed E-state index contributed by atoms with van der Waals surface area (Å²) in [5.74, 6) is 0.307. The van der Waals surface area contributed by atoms with Gasteiger partial charge < -0.3 is 15.3 Å². The average molecular weight is 284 g/mol. The molecule has 0 saturated carbocycles. The smallest absolute Gasteiger partial charge is 0.115 e. The van der Waals surface area contributed by atoms with Crippen molar-refractivity contribution in [2.45, 2.75) is 19.0 Å².